The average molecular weight is 406 g/mol. The van der Waals surface area contributed by atoms with E-state index >= 15 is 0 Å². The standard InChI is InChI=1S/C21H32N4O4/c1-14-9-20(2,3)13-21(10-14)18(27)25(19(28)23-21)12-17(26)22-11-15(24(4)5)16-7-6-8-29-16/h6-8,14-15H,9-13H2,1-5H3,(H,22,26)(H,23,28)/p+1/t14-,15+,21-/m1/s1. The third-order valence-corrected chi connectivity index (χ3v) is 6.01. The van der Waals surface area contributed by atoms with Gasteiger partial charge in [0.25, 0.3) is 5.91 Å². The summed E-state index contributed by atoms with van der Waals surface area (Å²) in [4.78, 5) is 40.4. The fourth-order valence-corrected chi connectivity index (χ4v) is 5.14. The molecule has 160 valence electrons. The van der Waals surface area contributed by atoms with E-state index in [-0.39, 0.29) is 29.8 Å². The smallest absolute Gasteiger partial charge is 0.325 e. The van der Waals surface area contributed by atoms with Crippen molar-refractivity contribution in [3.63, 3.8) is 0 Å². The quantitative estimate of drug-likeness (QED) is 0.608. The molecule has 2 aliphatic rings. The van der Waals surface area contributed by atoms with Crippen molar-refractivity contribution in [1.82, 2.24) is 15.5 Å². The minimum absolute atomic E-state index is 0.0381. The molecule has 0 unspecified atom stereocenters. The van der Waals surface area contributed by atoms with Gasteiger partial charge in [0.05, 0.1) is 26.9 Å². The van der Waals surface area contributed by atoms with E-state index in [0.717, 1.165) is 22.0 Å². The van der Waals surface area contributed by atoms with E-state index in [1.165, 1.54) is 0 Å². The van der Waals surface area contributed by atoms with Crippen molar-refractivity contribution in [3.8, 4) is 0 Å². The molecular formula is C21H33N4O4+. The first kappa shape index (κ1) is 21.4. The van der Waals surface area contributed by atoms with Crippen molar-refractivity contribution < 1.29 is 23.7 Å². The molecule has 29 heavy (non-hydrogen) atoms. The van der Waals surface area contributed by atoms with Crippen molar-refractivity contribution in [3.05, 3.63) is 24.2 Å². The third-order valence-electron chi connectivity index (χ3n) is 6.01. The Morgan fingerprint density at radius 1 is 1.38 bits per heavy atom. The molecule has 2 heterocycles. The van der Waals surface area contributed by atoms with Gasteiger partial charge in [0.2, 0.25) is 5.91 Å². The molecule has 0 radical (unpaired) electrons. The Bertz CT molecular complexity index is 774. The van der Waals surface area contributed by atoms with Gasteiger partial charge in [-0.15, -0.1) is 0 Å². The molecule has 8 nitrogen and oxygen atoms in total. The molecule has 1 aliphatic heterocycles. The first-order chi connectivity index (χ1) is 13.5. The summed E-state index contributed by atoms with van der Waals surface area (Å²) in [5.74, 6) is 0.469. The molecular weight excluding hydrogens is 372 g/mol. The normalized spacial score (nSPS) is 27.4. The SMILES string of the molecule is C[C@@H]1CC(C)(C)C[C@@]2(C1)NC(=O)N(CC(=O)NC[C@@H](c1ccco1)[NH+](C)C)C2=O. The summed E-state index contributed by atoms with van der Waals surface area (Å²) in [6, 6.07) is 3.16. The van der Waals surface area contributed by atoms with Gasteiger partial charge in [-0.25, -0.2) is 4.79 Å². The molecule has 1 spiro atoms. The number of imide groups is 1. The highest BCUT2D eigenvalue weighted by Gasteiger charge is 2.56. The lowest BCUT2D eigenvalue weighted by molar-refractivity contribution is -0.891. The molecule has 2 fully saturated rings. The number of nitrogens with zero attached hydrogens (tertiary/aromatic N) is 1. The lowest BCUT2D eigenvalue weighted by Gasteiger charge is -2.43. The number of amides is 4. The van der Waals surface area contributed by atoms with Crippen LogP contribution in [-0.4, -0.2) is 55.5 Å². The van der Waals surface area contributed by atoms with E-state index in [1.54, 1.807) is 6.26 Å². The van der Waals surface area contributed by atoms with Crippen LogP contribution in [0.4, 0.5) is 4.79 Å². The van der Waals surface area contributed by atoms with Gasteiger partial charge in [-0.3, -0.25) is 14.5 Å². The summed E-state index contributed by atoms with van der Waals surface area (Å²) in [6.45, 7) is 6.44. The number of carbonyl (C=O) groups is 3. The second-order valence-corrected chi connectivity index (χ2v) is 9.71. The molecule has 3 N–H and O–H groups in total. The summed E-state index contributed by atoms with van der Waals surface area (Å²) in [7, 11) is 3.96. The molecule has 3 rings (SSSR count). The summed E-state index contributed by atoms with van der Waals surface area (Å²) in [6.07, 6.45) is 3.83. The van der Waals surface area contributed by atoms with Crippen LogP contribution < -0.4 is 15.5 Å². The minimum Gasteiger partial charge on any atom is -0.463 e. The highest BCUT2D eigenvalue weighted by molar-refractivity contribution is 6.09. The maximum atomic E-state index is 13.1. The van der Waals surface area contributed by atoms with Crippen LogP contribution in [0.15, 0.2) is 22.8 Å². The summed E-state index contributed by atoms with van der Waals surface area (Å²) in [5, 5.41) is 5.75. The van der Waals surface area contributed by atoms with Crippen molar-refractivity contribution in [2.45, 2.75) is 51.6 Å². The van der Waals surface area contributed by atoms with Gasteiger partial charge in [0.15, 0.2) is 11.8 Å². The van der Waals surface area contributed by atoms with Crippen LogP contribution in [-0.2, 0) is 9.59 Å². The Morgan fingerprint density at radius 2 is 2.10 bits per heavy atom. The Kier molecular flexibility index (Phi) is 5.76. The number of carbonyl (C=O) groups excluding carboxylic acids is 3. The number of furan rings is 1. The molecule has 1 saturated heterocycles. The molecule has 1 aromatic rings. The number of hydrogen-bond acceptors (Lipinski definition) is 4. The molecule has 8 heteroatoms. The number of urea groups is 1. The van der Waals surface area contributed by atoms with E-state index < -0.39 is 11.6 Å². The van der Waals surface area contributed by atoms with Crippen molar-refractivity contribution >= 4 is 17.8 Å². The van der Waals surface area contributed by atoms with Crippen molar-refractivity contribution in [1.29, 1.82) is 0 Å². The summed E-state index contributed by atoms with van der Waals surface area (Å²) >= 11 is 0. The van der Waals surface area contributed by atoms with E-state index in [2.05, 4.69) is 31.4 Å². The molecule has 1 aromatic heterocycles. The highest BCUT2D eigenvalue weighted by atomic mass is 16.3. The van der Waals surface area contributed by atoms with Crippen LogP contribution in [0.3, 0.4) is 0 Å². The fourth-order valence-electron chi connectivity index (χ4n) is 5.14. The van der Waals surface area contributed by atoms with E-state index in [4.69, 9.17) is 4.42 Å². The molecule has 3 atom stereocenters. The van der Waals surface area contributed by atoms with E-state index in [1.807, 2.05) is 26.2 Å². The van der Waals surface area contributed by atoms with Crippen LogP contribution >= 0.6 is 0 Å². The zero-order chi connectivity index (χ0) is 21.4. The lowest BCUT2D eigenvalue weighted by atomic mass is 9.64. The minimum atomic E-state index is -0.886. The van der Waals surface area contributed by atoms with Crippen LogP contribution in [0.2, 0.25) is 0 Å². The number of quaternary nitrogens is 1. The van der Waals surface area contributed by atoms with Gasteiger partial charge in [-0.05, 0) is 42.7 Å². The predicted octanol–water partition coefficient (Wildman–Crippen LogP) is 0.718. The molecule has 1 aliphatic carbocycles. The Morgan fingerprint density at radius 3 is 2.69 bits per heavy atom. The molecule has 0 aromatic carbocycles. The van der Waals surface area contributed by atoms with Crippen LogP contribution in [0.5, 0.6) is 0 Å². The van der Waals surface area contributed by atoms with Crippen LogP contribution in [0, 0.1) is 11.3 Å². The van der Waals surface area contributed by atoms with Gasteiger partial charge in [0.1, 0.15) is 12.1 Å². The van der Waals surface area contributed by atoms with Crippen molar-refractivity contribution in [2.75, 3.05) is 27.2 Å². The van der Waals surface area contributed by atoms with Crippen molar-refractivity contribution in [2.24, 2.45) is 11.3 Å². The maximum Gasteiger partial charge on any atom is 0.325 e. The maximum absolute atomic E-state index is 13.1. The van der Waals surface area contributed by atoms with Gasteiger partial charge >= 0.3 is 6.03 Å². The van der Waals surface area contributed by atoms with Crippen LogP contribution in [0.25, 0.3) is 0 Å². The highest BCUT2D eigenvalue weighted by Crippen LogP contribution is 2.46. The zero-order valence-corrected chi connectivity index (χ0v) is 18.0. The van der Waals surface area contributed by atoms with E-state index in [9.17, 15) is 14.4 Å². The Balaban J connectivity index is 1.63. The van der Waals surface area contributed by atoms with Gasteiger partial charge in [-0.2, -0.15) is 0 Å². The molecule has 1 saturated carbocycles. The first-order valence-corrected chi connectivity index (χ1v) is 10.3. The predicted molar refractivity (Wildman–Crippen MR) is 107 cm³/mol. The number of rotatable bonds is 6. The summed E-state index contributed by atoms with van der Waals surface area (Å²) in [5.41, 5.74) is -0.924. The lowest BCUT2D eigenvalue weighted by Crippen LogP contribution is -3.07. The number of likely N-dealkylation sites (N-methyl/N-ethyl adjacent to an activating group) is 1. The topological polar surface area (TPSA) is 96.1 Å². The second-order valence-electron chi connectivity index (χ2n) is 9.71. The molecule has 4 amide bonds. The Hall–Kier alpha value is -2.35. The average Bonchev–Trinajstić information content (AvgIpc) is 3.17. The second kappa shape index (κ2) is 7.82. The van der Waals surface area contributed by atoms with Gasteiger partial charge < -0.3 is 20.0 Å². The number of nitrogens with one attached hydrogen (secondary N) is 3. The number of hydrogen-bond donors (Lipinski definition) is 3. The van der Waals surface area contributed by atoms with E-state index in [0.29, 0.717) is 25.3 Å². The van der Waals surface area contributed by atoms with Crippen LogP contribution in [0.1, 0.15) is 51.8 Å². The Labute approximate surface area is 172 Å². The molecule has 0 bridgehead atoms. The zero-order valence-electron chi connectivity index (χ0n) is 18.0. The van der Waals surface area contributed by atoms with Gasteiger partial charge in [0, 0.05) is 0 Å². The first-order valence-electron chi connectivity index (χ1n) is 10.3. The summed E-state index contributed by atoms with van der Waals surface area (Å²) < 4.78 is 5.46. The monoisotopic (exact) mass is 405 g/mol. The van der Waals surface area contributed by atoms with Gasteiger partial charge in [-0.1, -0.05) is 20.8 Å². The fraction of sp³-hybridized carbons (Fsp3) is 0.667. The largest absolute Gasteiger partial charge is 0.463 e. The third kappa shape index (κ3) is 4.47.